The normalized spacial score (nSPS) is 11.3. The molecule has 0 fully saturated rings. The molecule has 5 nitrogen and oxygen atoms in total. The monoisotopic (exact) mass is 525 g/mol. The van der Waals surface area contributed by atoms with Crippen LogP contribution in [-0.2, 0) is 11.8 Å². The molecule has 0 spiro atoms. The van der Waals surface area contributed by atoms with Crippen LogP contribution in [0.2, 0.25) is 10.0 Å². The summed E-state index contributed by atoms with van der Waals surface area (Å²) in [6.07, 6.45) is 1.92. The minimum atomic E-state index is -0.712. The fourth-order valence-corrected chi connectivity index (χ4v) is 4.54. The summed E-state index contributed by atoms with van der Waals surface area (Å²) in [7, 11) is 1.93. The highest BCUT2D eigenvalue weighted by molar-refractivity contribution is 6.31. The predicted octanol–water partition coefficient (Wildman–Crippen LogP) is 7.46. The van der Waals surface area contributed by atoms with Crippen LogP contribution >= 0.6 is 23.2 Å². The number of esters is 1. The molecule has 2 heterocycles. The van der Waals surface area contributed by atoms with E-state index in [9.17, 15) is 9.18 Å². The summed E-state index contributed by atoms with van der Waals surface area (Å²) in [5.74, 6) is -1.77. The Balaban J connectivity index is 1.89. The number of halogens is 4. The van der Waals surface area contributed by atoms with Crippen LogP contribution in [0.1, 0.15) is 17.4 Å². The first-order valence-corrected chi connectivity index (χ1v) is 11.8. The van der Waals surface area contributed by atoms with Gasteiger partial charge in [-0.25, -0.2) is 18.6 Å². The maximum absolute atomic E-state index is 15.5. The van der Waals surface area contributed by atoms with Crippen molar-refractivity contribution in [1.29, 1.82) is 0 Å². The van der Waals surface area contributed by atoms with Crippen molar-refractivity contribution in [1.82, 2.24) is 14.1 Å². The van der Waals surface area contributed by atoms with Crippen LogP contribution in [0.15, 0.2) is 66.9 Å². The minimum absolute atomic E-state index is 0.0594. The fourth-order valence-electron chi connectivity index (χ4n) is 4.19. The number of rotatable bonds is 5. The lowest BCUT2D eigenvalue weighted by Crippen LogP contribution is -2.08. The first-order valence-electron chi connectivity index (χ1n) is 11.0. The Hall–Kier alpha value is -3.68. The molecule has 3 aromatic carbocycles. The SMILES string of the molecule is CCOC(=O)c1nc(-c2ccc3c(ccn3C)c2)n(-c2cccc(Cl)c2F)c1-c1ccc(F)c(Cl)c1. The number of hydrogen-bond donors (Lipinski definition) is 0. The van der Waals surface area contributed by atoms with Crippen molar-refractivity contribution in [3.8, 4) is 28.3 Å². The molecule has 36 heavy (non-hydrogen) atoms. The van der Waals surface area contributed by atoms with Crippen molar-refractivity contribution < 1.29 is 18.3 Å². The third-order valence-corrected chi connectivity index (χ3v) is 6.44. The van der Waals surface area contributed by atoms with E-state index < -0.39 is 17.6 Å². The molecule has 0 aliphatic heterocycles. The van der Waals surface area contributed by atoms with Crippen molar-refractivity contribution in [2.75, 3.05) is 6.61 Å². The zero-order valence-corrected chi connectivity index (χ0v) is 20.7. The third kappa shape index (κ3) is 4.04. The Kier molecular flexibility index (Phi) is 6.28. The van der Waals surface area contributed by atoms with Gasteiger partial charge in [-0.05, 0) is 61.5 Å². The Labute approximate surface area is 215 Å². The van der Waals surface area contributed by atoms with Gasteiger partial charge in [0.2, 0.25) is 0 Å². The lowest BCUT2D eigenvalue weighted by molar-refractivity contribution is 0.0521. The molecule has 0 N–H and O–H groups in total. The molecule has 9 heteroatoms. The van der Waals surface area contributed by atoms with E-state index in [1.54, 1.807) is 13.0 Å². The van der Waals surface area contributed by atoms with Crippen LogP contribution in [0.5, 0.6) is 0 Å². The minimum Gasteiger partial charge on any atom is -0.461 e. The molecule has 0 aliphatic rings. The topological polar surface area (TPSA) is 49.0 Å². The van der Waals surface area contributed by atoms with Crippen LogP contribution in [0.25, 0.3) is 39.2 Å². The maximum atomic E-state index is 15.5. The summed E-state index contributed by atoms with van der Waals surface area (Å²) in [5.41, 5.74) is 2.15. The first-order chi connectivity index (χ1) is 17.3. The van der Waals surface area contributed by atoms with E-state index in [1.807, 2.05) is 42.1 Å². The van der Waals surface area contributed by atoms with E-state index in [2.05, 4.69) is 4.98 Å². The van der Waals surface area contributed by atoms with Gasteiger partial charge in [0.15, 0.2) is 11.5 Å². The molecule has 0 bridgehead atoms. The van der Waals surface area contributed by atoms with Crippen molar-refractivity contribution in [3.05, 3.63) is 94.2 Å². The molecule has 0 atom stereocenters. The summed E-state index contributed by atoms with van der Waals surface area (Å²) in [6.45, 7) is 1.77. The van der Waals surface area contributed by atoms with Gasteiger partial charge in [0, 0.05) is 35.3 Å². The van der Waals surface area contributed by atoms with E-state index in [-0.39, 0.29) is 39.6 Å². The van der Waals surface area contributed by atoms with Gasteiger partial charge in [-0.1, -0.05) is 29.3 Å². The van der Waals surface area contributed by atoms with Crippen LogP contribution in [-0.4, -0.2) is 26.7 Å². The zero-order chi connectivity index (χ0) is 25.6. The van der Waals surface area contributed by atoms with E-state index in [1.165, 1.54) is 34.9 Å². The van der Waals surface area contributed by atoms with Crippen molar-refractivity contribution in [2.45, 2.75) is 6.92 Å². The highest BCUT2D eigenvalue weighted by Gasteiger charge is 2.28. The quantitative estimate of drug-likeness (QED) is 0.224. The smallest absolute Gasteiger partial charge is 0.359 e. The Morgan fingerprint density at radius 1 is 1.00 bits per heavy atom. The van der Waals surface area contributed by atoms with Gasteiger partial charge >= 0.3 is 5.97 Å². The molecule has 0 saturated heterocycles. The van der Waals surface area contributed by atoms with Gasteiger partial charge in [-0.3, -0.25) is 4.57 Å². The number of nitrogens with zero attached hydrogens (tertiary/aromatic N) is 3. The molecular weight excluding hydrogens is 507 g/mol. The number of benzene rings is 3. The number of carbonyl (C=O) groups is 1. The second-order valence-electron chi connectivity index (χ2n) is 8.09. The molecule has 0 saturated carbocycles. The predicted molar refractivity (Wildman–Crippen MR) is 137 cm³/mol. The fraction of sp³-hybridized carbons (Fsp3) is 0.111. The number of imidazole rings is 1. The van der Waals surface area contributed by atoms with E-state index in [0.29, 0.717) is 11.1 Å². The van der Waals surface area contributed by atoms with Crippen LogP contribution < -0.4 is 0 Å². The van der Waals surface area contributed by atoms with E-state index in [0.717, 1.165) is 10.9 Å². The van der Waals surface area contributed by atoms with Gasteiger partial charge in [-0.15, -0.1) is 0 Å². The number of hydrogen-bond acceptors (Lipinski definition) is 3. The third-order valence-electron chi connectivity index (χ3n) is 5.85. The van der Waals surface area contributed by atoms with Crippen molar-refractivity contribution in [2.24, 2.45) is 7.05 Å². The molecule has 5 rings (SSSR count). The lowest BCUT2D eigenvalue weighted by atomic mass is 10.1. The number of aromatic nitrogens is 3. The molecular formula is C27H19Cl2F2N3O2. The number of ether oxygens (including phenoxy) is 1. The number of carbonyl (C=O) groups excluding carboxylic acids is 1. The summed E-state index contributed by atoms with van der Waals surface area (Å²) in [5, 5.41) is 0.667. The second kappa shape index (κ2) is 9.41. The lowest BCUT2D eigenvalue weighted by Gasteiger charge is -2.15. The summed E-state index contributed by atoms with van der Waals surface area (Å²) < 4.78 is 38.2. The Bertz CT molecular complexity index is 1640. The highest BCUT2D eigenvalue weighted by Crippen LogP contribution is 2.38. The van der Waals surface area contributed by atoms with Crippen molar-refractivity contribution >= 4 is 40.1 Å². The van der Waals surface area contributed by atoms with Crippen molar-refractivity contribution in [3.63, 3.8) is 0 Å². The average Bonchev–Trinajstić information content (AvgIpc) is 3.44. The van der Waals surface area contributed by atoms with Crippen LogP contribution in [0.4, 0.5) is 8.78 Å². The number of aryl methyl sites for hydroxylation is 1. The standard InChI is InChI=1S/C27H19Cl2F2N3O2/c1-3-36-27(35)24-25(16-7-9-20(30)19(29)14-16)34(22-6-4-5-18(28)23(22)31)26(32-24)17-8-10-21-15(13-17)11-12-33(21)2/h4-14H,3H2,1-2H3. The summed E-state index contributed by atoms with van der Waals surface area (Å²) in [6, 6.07) is 16.1. The largest absolute Gasteiger partial charge is 0.461 e. The zero-order valence-electron chi connectivity index (χ0n) is 19.2. The molecule has 182 valence electrons. The molecule has 0 unspecified atom stereocenters. The van der Waals surface area contributed by atoms with Gasteiger partial charge in [0.1, 0.15) is 11.6 Å². The first kappa shape index (κ1) is 24.0. The Morgan fingerprint density at radius 2 is 1.78 bits per heavy atom. The second-order valence-corrected chi connectivity index (χ2v) is 8.90. The molecule has 0 amide bonds. The highest BCUT2D eigenvalue weighted by atomic mass is 35.5. The molecule has 0 radical (unpaired) electrons. The van der Waals surface area contributed by atoms with E-state index >= 15 is 4.39 Å². The maximum Gasteiger partial charge on any atom is 0.359 e. The number of fused-ring (bicyclic) bond motifs is 1. The molecule has 0 aliphatic carbocycles. The van der Waals surface area contributed by atoms with Gasteiger partial charge in [0.25, 0.3) is 0 Å². The van der Waals surface area contributed by atoms with Crippen LogP contribution in [0, 0.1) is 11.6 Å². The van der Waals surface area contributed by atoms with Gasteiger partial charge < -0.3 is 9.30 Å². The van der Waals surface area contributed by atoms with Gasteiger partial charge in [0.05, 0.1) is 28.0 Å². The van der Waals surface area contributed by atoms with Crippen LogP contribution in [0.3, 0.4) is 0 Å². The molecule has 5 aromatic rings. The summed E-state index contributed by atoms with van der Waals surface area (Å²) >= 11 is 12.2. The van der Waals surface area contributed by atoms with Gasteiger partial charge in [-0.2, -0.15) is 0 Å². The average molecular weight is 526 g/mol. The summed E-state index contributed by atoms with van der Waals surface area (Å²) in [4.78, 5) is 17.7. The molecule has 2 aromatic heterocycles. The van der Waals surface area contributed by atoms with E-state index in [4.69, 9.17) is 27.9 Å². The Morgan fingerprint density at radius 3 is 2.53 bits per heavy atom.